The van der Waals surface area contributed by atoms with Gasteiger partial charge in [0.2, 0.25) is 11.8 Å². The summed E-state index contributed by atoms with van der Waals surface area (Å²) in [4.78, 5) is 26.8. The second-order valence-electron chi connectivity index (χ2n) is 7.52. The van der Waals surface area contributed by atoms with Crippen molar-refractivity contribution in [3.8, 4) is 5.75 Å². The minimum Gasteiger partial charge on any atom is -0.497 e. The van der Waals surface area contributed by atoms with Gasteiger partial charge in [-0.05, 0) is 43.4 Å². The molecule has 142 valence electrons. The fourth-order valence-corrected chi connectivity index (χ4v) is 3.99. The van der Waals surface area contributed by atoms with Crippen molar-refractivity contribution in [3.63, 3.8) is 0 Å². The van der Waals surface area contributed by atoms with E-state index < -0.39 is 0 Å². The summed E-state index contributed by atoms with van der Waals surface area (Å²) in [6, 6.07) is 7.86. The van der Waals surface area contributed by atoms with E-state index in [4.69, 9.17) is 4.74 Å². The number of benzene rings is 1. The molecule has 1 aromatic carbocycles. The van der Waals surface area contributed by atoms with E-state index >= 15 is 0 Å². The van der Waals surface area contributed by atoms with Gasteiger partial charge in [-0.3, -0.25) is 9.59 Å². The Morgan fingerprint density at radius 1 is 1.04 bits per heavy atom. The lowest BCUT2D eigenvalue weighted by molar-refractivity contribution is -0.131. The summed E-state index contributed by atoms with van der Waals surface area (Å²) in [6.07, 6.45) is 7.81. The molecule has 1 heterocycles. The molecule has 0 unspecified atom stereocenters. The number of hydrogen-bond donors (Lipinski definition) is 1. The van der Waals surface area contributed by atoms with Crippen LogP contribution in [0, 0.1) is 5.92 Å². The van der Waals surface area contributed by atoms with Crippen LogP contribution in [0.1, 0.15) is 50.5 Å². The summed E-state index contributed by atoms with van der Waals surface area (Å²) in [5, 5.41) is 3.22. The Labute approximate surface area is 156 Å². The molecule has 1 saturated heterocycles. The lowest BCUT2D eigenvalue weighted by Crippen LogP contribution is -2.48. The molecule has 0 atom stereocenters. The van der Waals surface area contributed by atoms with E-state index in [9.17, 15) is 9.59 Å². The summed E-state index contributed by atoms with van der Waals surface area (Å²) in [7, 11) is 1.64. The summed E-state index contributed by atoms with van der Waals surface area (Å²) in [5.74, 6) is 1.40. The first-order valence-electron chi connectivity index (χ1n) is 9.87. The quantitative estimate of drug-likeness (QED) is 0.880. The van der Waals surface area contributed by atoms with Crippen LogP contribution in [-0.4, -0.2) is 43.0 Å². The standard InChI is InChI=1S/C21H30N2O3/c1-26-19-9-7-16(8-10-19)15-20(24)23-13-11-18(12-14-23)22-21(25)17-5-3-2-4-6-17/h7-10,17-18H,2-6,11-15H2,1H3,(H,22,25). The first-order valence-corrected chi connectivity index (χ1v) is 9.87. The molecule has 0 radical (unpaired) electrons. The van der Waals surface area contributed by atoms with Crippen molar-refractivity contribution in [2.45, 2.75) is 57.4 Å². The van der Waals surface area contributed by atoms with Crippen LogP contribution in [0.5, 0.6) is 5.75 Å². The Morgan fingerprint density at radius 2 is 1.69 bits per heavy atom. The summed E-state index contributed by atoms with van der Waals surface area (Å²) < 4.78 is 5.15. The van der Waals surface area contributed by atoms with Gasteiger partial charge in [-0.2, -0.15) is 0 Å². The molecule has 1 aliphatic heterocycles. The SMILES string of the molecule is COc1ccc(CC(=O)N2CCC(NC(=O)C3CCCCC3)CC2)cc1. The van der Waals surface area contributed by atoms with Gasteiger partial charge in [-0.25, -0.2) is 0 Å². The molecule has 0 spiro atoms. The lowest BCUT2D eigenvalue weighted by atomic mass is 9.88. The van der Waals surface area contributed by atoms with Crippen molar-refractivity contribution in [1.82, 2.24) is 10.2 Å². The van der Waals surface area contributed by atoms with Crippen molar-refractivity contribution in [1.29, 1.82) is 0 Å². The fourth-order valence-electron chi connectivity index (χ4n) is 3.99. The van der Waals surface area contributed by atoms with Gasteiger partial charge in [0.25, 0.3) is 0 Å². The molecule has 1 saturated carbocycles. The van der Waals surface area contributed by atoms with Crippen LogP contribution in [0.15, 0.2) is 24.3 Å². The van der Waals surface area contributed by atoms with Crippen LogP contribution in [0.4, 0.5) is 0 Å². The average Bonchev–Trinajstić information content (AvgIpc) is 2.69. The maximum absolute atomic E-state index is 12.5. The largest absolute Gasteiger partial charge is 0.497 e. The molecule has 0 aromatic heterocycles. The van der Waals surface area contributed by atoms with Crippen LogP contribution in [0.3, 0.4) is 0 Å². The molecule has 1 N–H and O–H groups in total. The van der Waals surface area contributed by atoms with Gasteiger partial charge in [-0.1, -0.05) is 31.4 Å². The highest BCUT2D eigenvalue weighted by molar-refractivity contribution is 5.80. The molecule has 2 amide bonds. The molecule has 1 aliphatic carbocycles. The zero-order valence-electron chi connectivity index (χ0n) is 15.7. The number of ether oxygens (including phenoxy) is 1. The Morgan fingerprint density at radius 3 is 2.31 bits per heavy atom. The highest BCUT2D eigenvalue weighted by Crippen LogP contribution is 2.24. The smallest absolute Gasteiger partial charge is 0.226 e. The van der Waals surface area contributed by atoms with Crippen LogP contribution in [-0.2, 0) is 16.0 Å². The second kappa shape index (κ2) is 9.06. The zero-order chi connectivity index (χ0) is 18.4. The number of rotatable bonds is 5. The fraction of sp³-hybridized carbons (Fsp3) is 0.619. The summed E-state index contributed by atoms with van der Waals surface area (Å²) >= 11 is 0. The number of carbonyl (C=O) groups is 2. The number of methoxy groups -OCH3 is 1. The Balaban J connectivity index is 1.42. The molecule has 26 heavy (non-hydrogen) atoms. The zero-order valence-corrected chi connectivity index (χ0v) is 15.7. The monoisotopic (exact) mass is 358 g/mol. The third kappa shape index (κ3) is 4.99. The van der Waals surface area contributed by atoms with E-state index in [0.717, 1.165) is 50.1 Å². The number of piperidine rings is 1. The Kier molecular flexibility index (Phi) is 6.53. The molecule has 2 fully saturated rings. The average molecular weight is 358 g/mol. The topological polar surface area (TPSA) is 58.6 Å². The van der Waals surface area contributed by atoms with Gasteiger partial charge in [0, 0.05) is 25.0 Å². The number of hydrogen-bond acceptors (Lipinski definition) is 3. The van der Waals surface area contributed by atoms with Crippen molar-refractivity contribution in [2.75, 3.05) is 20.2 Å². The van der Waals surface area contributed by atoms with Crippen molar-refractivity contribution in [3.05, 3.63) is 29.8 Å². The van der Waals surface area contributed by atoms with Crippen molar-refractivity contribution < 1.29 is 14.3 Å². The Bertz CT molecular complexity index is 600. The molecule has 1 aromatic rings. The van der Waals surface area contributed by atoms with E-state index in [-0.39, 0.29) is 23.8 Å². The predicted molar refractivity (Wildman–Crippen MR) is 101 cm³/mol. The van der Waals surface area contributed by atoms with Gasteiger partial charge in [-0.15, -0.1) is 0 Å². The first-order chi connectivity index (χ1) is 12.7. The van der Waals surface area contributed by atoms with Gasteiger partial charge in [0.15, 0.2) is 0 Å². The van der Waals surface area contributed by atoms with E-state index in [1.807, 2.05) is 29.2 Å². The van der Waals surface area contributed by atoms with E-state index in [1.165, 1.54) is 19.3 Å². The second-order valence-corrected chi connectivity index (χ2v) is 7.52. The third-order valence-electron chi connectivity index (χ3n) is 5.68. The molecular formula is C21H30N2O3. The predicted octanol–water partition coefficient (Wildman–Crippen LogP) is 2.93. The Hall–Kier alpha value is -2.04. The van der Waals surface area contributed by atoms with E-state index in [2.05, 4.69) is 5.32 Å². The normalized spacial score (nSPS) is 19.2. The molecule has 5 heteroatoms. The molecule has 3 rings (SSSR count). The third-order valence-corrected chi connectivity index (χ3v) is 5.68. The van der Waals surface area contributed by atoms with Gasteiger partial charge < -0.3 is 15.0 Å². The highest BCUT2D eigenvalue weighted by Gasteiger charge is 2.27. The number of nitrogens with one attached hydrogen (secondary N) is 1. The van der Waals surface area contributed by atoms with Crippen LogP contribution in [0.25, 0.3) is 0 Å². The lowest BCUT2D eigenvalue weighted by Gasteiger charge is -2.33. The van der Waals surface area contributed by atoms with Gasteiger partial charge in [0.1, 0.15) is 5.75 Å². The van der Waals surface area contributed by atoms with Gasteiger partial charge in [0.05, 0.1) is 13.5 Å². The van der Waals surface area contributed by atoms with Crippen LogP contribution in [0.2, 0.25) is 0 Å². The minimum atomic E-state index is 0.159. The molecule has 5 nitrogen and oxygen atoms in total. The highest BCUT2D eigenvalue weighted by atomic mass is 16.5. The minimum absolute atomic E-state index is 0.159. The van der Waals surface area contributed by atoms with E-state index in [0.29, 0.717) is 6.42 Å². The van der Waals surface area contributed by atoms with Crippen molar-refractivity contribution >= 4 is 11.8 Å². The summed E-state index contributed by atoms with van der Waals surface area (Å²) in [5.41, 5.74) is 1.00. The number of nitrogens with zero attached hydrogens (tertiary/aromatic N) is 1. The van der Waals surface area contributed by atoms with E-state index in [1.54, 1.807) is 7.11 Å². The molecular weight excluding hydrogens is 328 g/mol. The van der Waals surface area contributed by atoms with Gasteiger partial charge >= 0.3 is 0 Å². The summed E-state index contributed by atoms with van der Waals surface area (Å²) in [6.45, 7) is 1.45. The van der Waals surface area contributed by atoms with Crippen LogP contribution < -0.4 is 10.1 Å². The number of likely N-dealkylation sites (tertiary alicyclic amines) is 1. The number of carbonyl (C=O) groups excluding carboxylic acids is 2. The van der Waals surface area contributed by atoms with Crippen molar-refractivity contribution in [2.24, 2.45) is 5.92 Å². The maximum Gasteiger partial charge on any atom is 0.226 e. The molecule has 2 aliphatic rings. The van der Waals surface area contributed by atoms with Crippen LogP contribution >= 0.6 is 0 Å². The number of amides is 2. The first kappa shape index (κ1) is 18.7. The maximum atomic E-state index is 12.5. The molecule has 0 bridgehead atoms.